The van der Waals surface area contributed by atoms with E-state index in [9.17, 15) is 0 Å². The molecule has 0 radical (unpaired) electrons. The summed E-state index contributed by atoms with van der Waals surface area (Å²) in [6, 6.07) is 7.91. The summed E-state index contributed by atoms with van der Waals surface area (Å²) in [5, 5.41) is 4.19. The molecule has 1 saturated heterocycles. The zero-order chi connectivity index (χ0) is 10.9. The minimum Gasteiger partial charge on any atom is -0.356 e. The second kappa shape index (κ2) is 4.12. The van der Waals surface area contributed by atoms with Gasteiger partial charge in [0.1, 0.15) is 5.72 Å². The van der Waals surface area contributed by atoms with Crippen molar-refractivity contribution < 1.29 is 4.74 Å². The molecule has 1 aliphatic rings. The Morgan fingerprint density at radius 1 is 1.53 bits per heavy atom. The monoisotopic (exact) mass is 225 g/mol. The summed E-state index contributed by atoms with van der Waals surface area (Å²) in [6.45, 7) is 5.05. The smallest absolute Gasteiger partial charge is 0.121 e. The summed E-state index contributed by atoms with van der Waals surface area (Å²) in [5.74, 6) is 0. The number of benzene rings is 1. The fourth-order valence-corrected chi connectivity index (χ4v) is 2.20. The topological polar surface area (TPSA) is 21.3 Å². The molecule has 1 N–H and O–H groups in total. The van der Waals surface area contributed by atoms with Crippen LogP contribution in [0.4, 0.5) is 0 Å². The first kappa shape index (κ1) is 10.9. The van der Waals surface area contributed by atoms with E-state index in [0.29, 0.717) is 0 Å². The highest BCUT2D eigenvalue weighted by molar-refractivity contribution is 6.31. The molecule has 0 aromatic heterocycles. The molecule has 15 heavy (non-hydrogen) atoms. The summed E-state index contributed by atoms with van der Waals surface area (Å²) >= 11 is 6.12. The molecule has 0 saturated carbocycles. The third-order valence-corrected chi connectivity index (χ3v) is 3.08. The summed E-state index contributed by atoms with van der Waals surface area (Å²) in [4.78, 5) is 0. The maximum atomic E-state index is 6.12. The van der Waals surface area contributed by atoms with Gasteiger partial charge in [-0.05, 0) is 25.5 Å². The molecule has 0 bridgehead atoms. The van der Waals surface area contributed by atoms with Gasteiger partial charge in [-0.2, -0.15) is 0 Å². The molecule has 0 aliphatic carbocycles. The van der Waals surface area contributed by atoms with E-state index in [2.05, 4.69) is 19.2 Å². The molecule has 82 valence electrons. The standard InChI is InChI=1S/C12H16ClNO/c1-9-8-14-12(2,15-9)7-10-5-3-4-6-11(10)13/h3-6,9,14H,7-8H2,1-2H3. The SMILES string of the molecule is CC1CNC(C)(Cc2ccccc2Cl)O1. The molecule has 1 heterocycles. The Labute approximate surface area is 95.6 Å². The van der Waals surface area contributed by atoms with E-state index in [0.717, 1.165) is 23.6 Å². The molecule has 2 nitrogen and oxygen atoms in total. The average molecular weight is 226 g/mol. The molecule has 1 aliphatic heterocycles. The van der Waals surface area contributed by atoms with Crippen molar-refractivity contribution in [1.29, 1.82) is 0 Å². The van der Waals surface area contributed by atoms with E-state index >= 15 is 0 Å². The molecular formula is C12H16ClNO. The Kier molecular flexibility index (Phi) is 3.01. The van der Waals surface area contributed by atoms with Crippen LogP contribution >= 0.6 is 11.6 Å². The molecule has 2 unspecified atom stereocenters. The third kappa shape index (κ3) is 2.51. The number of nitrogens with one attached hydrogen (secondary N) is 1. The summed E-state index contributed by atoms with van der Waals surface area (Å²) < 4.78 is 5.84. The van der Waals surface area contributed by atoms with Crippen molar-refractivity contribution >= 4 is 11.6 Å². The van der Waals surface area contributed by atoms with Gasteiger partial charge in [0.05, 0.1) is 6.10 Å². The normalized spacial score (nSPS) is 30.7. The molecule has 1 aromatic rings. The zero-order valence-corrected chi connectivity index (χ0v) is 9.84. The van der Waals surface area contributed by atoms with Crippen molar-refractivity contribution in [3.8, 4) is 0 Å². The summed E-state index contributed by atoms with van der Waals surface area (Å²) in [5.41, 5.74) is 0.855. The van der Waals surface area contributed by atoms with E-state index in [1.807, 2.05) is 24.3 Å². The molecule has 2 rings (SSSR count). The van der Waals surface area contributed by atoms with Crippen molar-refractivity contribution in [3.05, 3.63) is 34.9 Å². The fourth-order valence-electron chi connectivity index (χ4n) is 2.00. The van der Waals surface area contributed by atoms with Gasteiger partial charge in [-0.15, -0.1) is 0 Å². The van der Waals surface area contributed by atoms with Gasteiger partial charge in [0.2, 0.25) is 0 Å². The predicted octanol–water partition coefficient (Wildman–Crippen LogP) is 2.61. The second-order valence-corrected chi connectivity index (χ2v) is 4.72. The third-order valence-electron chi connectivity index (χ3n) is 2.71. The van der Waals surface area contributed by atoms with Gasteiger partial charge in [-0.1, -0.05) is 29.8 Å². The minimum absolute atomic E-state index is 0.273. The second-order valence-electron chi connectivity index (χ2n) is 4.31. The zero-order valence-electron chi connectivity index (χ0n) is 9.09. The maximum Gasteiger partial charge on any atom is 0.121 e. The Morgan fingerprint density at radius 3 is 2.87 bits per heavy atom. The molecule has 2 atom stereocenters. The van der Waals surface area contributed by atoms with Gasteiger partial charge in [0.25, 0.3) is 0 Å². The van der Waals surface area contributed by atoms with E-state index in [4.69, 9.17) is 16.3 Å². The van der Waals surface area contributed by atoms with Crippen LogP contribution in [-0.2, 0) is 11.2 Å². The van der Waals surface area contributed by atoms with Crippen molar-refractivity contribution in [3.63, 3.8) is 0 Å². The van der Waals surface area contributed by atoms with Crippen LogP contribution in [0, 0.1) is 0 Å². The van der Waals surface area contributed by atoms with Crippen molar-refractivity contribution in [1.82, 2.24) is 5.32 Å². The van der Waals surface area contributed by atoms with Gasteiger partial charge in [0, 0.05) is 18.0 Å². The first-order valence-corrected chi connectivity index (χ1v) is 5.63. The number of halogens is 1. The first-order chi connectivity index (χ1) is 7.09. The number of hydrogen-bond acceptors (Lipinski definition) is 2. The lowest BCUT2D eigenvalue weighted by molar-refractivity contribution is -0.0292. The van der Waals surface area contributed by atoms with Crippen LogP contribution in [0.5, 0.6) is 0 Å². The number of ether oxygens (including phenoxy) is 1. The van der Waals surface area contributed by atoms with E-state index in [1.165, 1.54) is 0 Å². The van der Waals surface area contributed by atoms with Gasteiger partial charge in [0.15, 0.2) is 0 Å². The number of hydrogen-bond donors (Lipinski definition) is 1. The lowest BCUT2D eigenvalue weighted by Crippen LogP contribution is -2.39. The maximum absolute atomic E-state index is 6.12. The van der Waals surface area contributed by atoms with E-state index in [-0.39, 0.29) is 11.8 Å². The molecule has 3 heteroatoms. The van der Waals surface area contributed by atoms with Gasteiger partial charge in [-0.25, -0.2) is 0 Å². The largest absolute Gasteiger partial charge is 0.356 e. The predicted molar refractivity (Wildman–Crippen MR) is 62.1 cm³/mol. The van der Waals surface area contributed by atoms with Crippen LogP contribution in [-0.4, -0.2) is 18.4 Å². The van der Waals surface area contributed by atoms with Crippen LogP contribution in [0.15, 0.2) is 24.3 Å². The average Bonchev–Trinajstić information content (AvgIpc) is 2.51. The lowest BCUT2D eigenvalue weighted by atomic mass is 10.0. The van der Waals surface area contributed by atoms with Crippen molar-refractivity contribution in [2.24, 2.45) is 0 Å². The highest BCUT2D eigenvalue weighted by Gasteiger charge is 2.33. The fraction of sp³-hybridized carbons (Fsp3) is 0.500. The molecule has 1 fully saturated rings. The molecule has 0 spiro atoms. The van der Waals surface area contributed by atoms with Crippen LogP contribution in [0.1, 0.15) is 19.4 Å². The van der Waals surface area contributed by atoms with Crippen molar-refractivity contribution in [2.45, 2.75) is 32.1 Å². The molecule has 1 aromatic carbocycles. The molecular weight excluding hydrogens is 210 g/mol. The van der Waals surface area contributed by atoms with Crippen LogP contribution in [0.3, 0.4) is 0 Å². The molecule has 0 amide bonds. The number of rotatable bonds is 2. The van der Waals surface area contributed by atoms with Crippen LogP contribution in [0.25, 0.3) is 0 Å². The van der Waals surface area contributed by atoms with Crippen LogP contribution in [0.2, 0.25) is 5.02 Å². The van der Waals surface area contributed by atoms with Gasteiger partial charge >= 0.3 is 0 Å². The quantitative estimate of drug-likeness (QED) is 0.836. The highest BCUT2D eigenvalue weighted by Crippen LogP contribution is 2.25. The minimum atomic E-state index is -0.273. The Bertz CT molecular complexity index is 355. The summed E-state index contributed by atoms with van der Waals surface area (Å²) in [7, 11) is 0. The van der Waals surface area contributed by atoms with E-state index in [1.54, 1.807) is 0 Å². The Balaban J connectivity index is 2.12. The first-order valence-electron chi connectivity index (χ1n) is 5.25. The van der Waals surface area contributed by atoms with Gasteiger partial charge in [-0.3, -0.25) is 5.32 Å². The lowest BCUT2D eigenvalue weighted by Gasteiger charge is -2.24. The Morgan fingerprint density at radius 2 is 2.27 bits per heavy atom. The van der Waals surface area contributed by atoms with Crippen molar-refractivity contribution in [2.75, 3.05) is 6.54 Å². The van der Waals surface area contributed by atoms with E-state index < -0.39 is 0 Å². The Hall–Kier alpha value is -0.570. The highest BCUT2D eigenvalue weighted by atomic mass is 35.5. The summed E-state index contributed by atoms with van der Waals surface area (Å²) in [6.07, 6.45) is 1.08. The van der Waals surface area contributed by atoms with Gasteiger partial charge < -0.3 is 4.74 Å². The van der Waals surface area contributed by atoms with Crippen LogP contribution < -0.4 is 5.32 Å².